The Morgan fingerprint density at radius 3 is 2.67 bits per heavy atom. The highest BCUT2D eigenvalue weighted by Gasteiger charge is 2.55. The Balaban J connectivity index is 0.00000176. The molecule has 2 amide bonds. The first-order valence-corrected chi connectivity index (χ1v) is 14.9. The lowest BCUT2D eigenvalue weighted by Gasteiger charge is -2.47. The van der Waals surface area contributed by atoms with Gasteiger partial charge in [-0.2, -0.15) is 0 Å². The highest BCUT2D eigenvalue weighted by molar-refractivity contribution is 8.02. The van der Waals surface area contributed by atoms with Gasteiger partial charge >= 0.3 is 6.03 Å². The molecule has 7 heteroatoms. The summed E-state index contributed by atoms with van der Waals surface area (Å²) < 4.78 is 14.1. The van der Waals surface area contributed by atoms with E-state index in [0.717, 1.165) is 44.6 Å². The van der Waals surface area contributed by atoms with E-state index >= 15 is 0 Å². The molecule has 0 aromatic heterocycles. The topological polar surface area (TPSA) is 47.9 Å². The van der Waals surface area contributed by atoms with Gasteiger partial charge in [-0.3, -0.25) is 20.1 Å². The first-order chi connectivity index (χ1) is 17.4. The second-order valence-electron chi connectivity index (χ2n) is 10.1. The summed E-state index contributed by atoms with van der Waals surface area (Å²) in [6.45, 7) is 13.3. The average molecular weight is 517 g/mol. The predicted octanol–water partition coefficient (Wildman–Crippen LogP) is 7.35. The normalized spacial score (nSPS) is 29.6. The first kappa shape index (κ1) is 28.7. The van der Waals surface area contributed by atoms with Crippen molar-refractivity contribution >= 4 is 23.6 Å². The van der Waals surface area contributed by atoms with Crippen LogP contribution in [-0.4, -0.2) is 58.1 Å². The van der Waals surface area contributed by atoms with Crippen molar-refractivity contribution in [2.45, 2.75) is 103 Å². The third-order valence-corrected chi connectivity index (χ3v) is 8.59. The van der Waals surface area contributed by atoms with Gasteiger partial charge in [0.1, 0.15) is 11.4 Å². The summed E-state index contributed by atoms with van der Waals surface area (Å²) in [5.41, 5.74) is 1.46. The number of amidine groups is 1. The number of nitrogens with one attached hydrogen (secondary N) is 1. The molecule has 0 aromatic rings. The number of likely N-dealkylation sites (tertiary alicyclic amines) is 1. The number of rotatable bonds is 6. The van der Waals surface area contributed by atoms with E-state index in [0.29, 0.717) is 5.70 Å². The molecule has 0 bridgehead atoms. The van der Waals surface area contributed by atoms with Crippen molar-refractivity contribution in [1.82, 2.24) is 15.1 Å². The van der Waals surface area contributed by atoms with E-state index in [-0.39, 0.29) is 23.9 Å². The van der Waals surface area contributed by atoms with Crippen LogP contribution >= 0.6 is 11.8 Å². The molecule has 1 N–H and O–H groups in total. The lowest BCUT2D eigenvalue weighted by Crippen LogP contribution is -2.59. The summed E-state index contributed by atoms with van der Waals surface area (Å²) in [5, 5.41) is 5.45. The zero-order valence-electron chi connectivity index (χ0n) is 22.7. The zero-order valence-corrected chi connectivity index (χ0v) is 23.5. The fourth-order valence-corrected chi connectivity index (χ4v) is 6.77. The maximum atomic E-state index is 14.1. The number of hydrogen-bond donors (Lipinski definition) is 1. The Bertz CT molecular complexity index is 901. The molecule has 3 fully saturated rings. The van der Waals surface area contributed by atoms with E-state index in [1.807, 2.05) is 25.6 Å². The fraction of sp³-hybridized carbons (Fsp3) is 0.655. The van der Waals surface area contributed by atoms with Crippen molar-refractivity contribution < 1.29 is 9.18 Å². The minimum atomic E-state index is -0.582. The molecule has 3 aliphatic heterocycles. The third kappa shape index (κ3) is 6.71. The largest absolute Gasteiger partial charge is 0.328 e. The van der Waals surface area contributed by atoms with Crippen LogP contribution in [0.15, 0.2) is 52.3 Å². The van der Waals surface area contributed by atoms with Crippen LogP contribution in [0.4, 0.5) is 9.18 Å². The Kier molecular flexibility index (Phi) is 10.9. The summed E-state index contributed by atoms with van der Waals surface area (Å²) in [7, 11) is 0. The maximum Gasteiger partial charge on any atom is 0.328 e. The summed E-state index contributed by atoms with van der Waals surface area (Å²) >= 11 is 1.92. The second kappa shape index (κ2) is 13.6. The number of thioether (sulfide) groups is 1. The Labute approximate surface area is 222 Å². The standard InChI is InChI=1S/C27H39FN4OS.C2H6/c1-4-9-24(16-20(2)28)32-26(33)30-25(29-23-11-6-5-7-12-23)27(32)13-14-31(21(3)17-27)18-22-10-8-15-34-19-22;1-2/h4,9,16,19,21,23H,1,5-8,10-15,17-18H2,2-3H3,(H,29,30,33);1-2H3/b20-16+,24-9+;. The number of aliphatic imine (C=N–C) groups is 1. The molecule has 1 aliphatic carbocycles. The van der Waals surface area contributed by atoms with Crippen molar-refractivity contribution in [2.24, 2.45) is 4.99 Å². The van der Waals surface area contributed by atoms with E-state index in [2.05, 4.69) is 29.1 Å². The molecule has 36 heavy (non-hydrogen) atoms. The van der Waals surface area contributed by atoms with Gasteiger partial charge in [-0.15, -0.1) is 11.8 Å². The zero-order chi connectivity index (χ0) is 26.1. The Morgan fingerprint density at radius 2 is 2.06 bits per heavy atom. The van der Waals surface area contributed by atoms with Crippen molar-refractivity contribution in [3.8, 4) is 0 Å². The highest BCUT2D eigenvalue weighted by atomic mass is 32.2. The van der Waals surface area contributed by atoms with Crippen LogP contribution in [0.2, 0.25) is 0 Å². The van der Waals surface area contributed by atoms with Gasteiger partial charge in [-0.25, -0.2) is 9.18 Å². The molecule has 5 nitrogen and oxygen atoms in total. The summed E-state index contributed by atoms with van der Waals surface area (Å²) in [6, 6.07) is 0.310. The number of nitrogens with zero attached hydrogens (tertiary/aromatic N) is 3. The van der Waals surface area contributed by atoms with Gasteiger partial charge in [0.2, 0.25) is 0 Å². The number of halogens is 1. The van der Waals surface area contributed by atoms with E-state index < -0.39 is 5.54 Å². The van der Waals surface area contributed by atoms with Crippen molar-refractivity contribution in [3.05, 3.63) is 47.3 Å². The third-order valence-electron chi connectivity index (χ3n) is 7.56. The molecule has 4 rings (SSSR count). The number of carbonyl (C=O) groups excluding carboxylic acids is 1. The molecule has 1 spiro atoms. The number of carbonyl (C=O) groups is 1. The molecule has 0 radical (unpaired) electrons. The summed E-state index contributed by atoms with van der Waals surface area (Å²) in [4.78, 5) is 22.8. The fourth-order valence-electron chi connectivity index (χ4n) is 5.91. The SMILES string of the molecule is C=C/C=C(\C=C(/C)F)N1C(=O)NC(=NC2CCCCC2)C12CCN(CC1=CSCCC1)C(C)C2.CC. The molecule has 3 heterocycles. The van der Waals surface area contributed by atoms with Gasteiger partial charge in [0.15, 0.2) is 0 Å². The average Bonchev–Trinajstić information content (AvgIpc) is 3.12. The Morgan fingerprint density at radius 1 is 1.31 bits per heavy atom. The van der Waals surface area contributed by atoms with Crippen molar-refractivity contribution in [3.63, 3.8) is 0 Å². The van der Waals surface area contributed by atoms with Gasteiger partial charge in [-0.05, 0) is 81.3 Å². The quantitative estimate of drug-likeness (QED) is 0.376. The number of amides is 2. The van der Waals surface area contributed by atoms with Gasteiger partial charge < -0.3 is 0 Å². The van der Waals surface area contributed by atoms with Crippen LogP contribution in [0.5, 0.6) is 0 Å². The van der Waals surface area contributed by atoms with E-state index in [1.165, 1.54) is 56.4 Å². The molecule has 200 valence electrons. The minimum Gasteiger partial charge on any atom is -0.297 e. The number of hydrogen-bond acceptors (Lipinski definition) is 4. The molecule has 2 saturated heterocycles. The van der Waals surface area contributed by atoms with Gasteiger partial charge in [0.25, 0.3) is 0 Å². The second-order valence-corrected chi connectivity index (χ2v) is 11.1. The lowest BCUT2D eigenvalue weighted by molar-refractivity contribution is 0.0883. The van der Waals surface area contributed by atoms with E-state index in [1.54, 1.807) is 17.1 Å². The van der Waals surface area contributed by atoms with Gasteiger partial charge in [-0.1, -0.05) is 45.8 Å². The highest BCUT2D eigenvalue weighted by Crippen LogP contribution is 2.41. The van der Waals surface area contributed by atoms with Crippen LogP contribution in [0, 0.1) is 0 Å². The number of urea groups is 1. The van der Waals surface area contributed by atoms with E-state index in [9.17, 15) is 9.18 Å². The predicted molar refractivity (Wildman–Crippen MR) is 152 cm³/mol. The van der Waals surface area contributed by atoms with Gasteiger partial charge in [0.05, 0.1) is 11.9 Å². The molecule has 4 aliphatic rings. The van der Waals surface area contributed by atoms with Crippen LogP contribution in [0.1, 0.15) is 85.5 Å². The number of piperidine rings is 1. The molecule has 2 atom stereocenters. The van der Waals surface area contributed by atoms with Crippen molar-refractivity contribution in [2.75, 3.05) is 18.8 Å². The van der Waals surface area contributed by atoms with Gasteiger partial charge in [0, 0.05) is 24.8 Å². The lowest BCUT2D eigenvalue weighted by atomic mass is 9.81. The molecular weight excluding hydrogens is 471 g/mol. The van der Waals surface area contributed by atoms with Crippen LogP contribution in [0.3, 0.4) is 0 Å². The van der Waals surface area contributed by atoms with Crippen molar-refractivity contribution in [1.29, 1.82) is 0 Å². The first-order valence-electron chi connectivity index (χ1n) is 13.8. The molecule has 2 unspecified atom stereocenters. The minimum absolute atomic E-state index is 0.216. The smallest absolute Gasteiger partial charge is 0.297 e. The summed E-state index contributed by atoms with van der Waals surface area (Å²) in [5.74, 6) is 1.66. The molecule has 1 saturated carbocycles. The van der Waals surface area contributed by atoms with Crippen LogP contribution in [-0.2, 0) is 0 Å². The molecular formula is C29H45FN4OS. The van der Waals surface area contributed by atoms with Crippen LogP contribution < -0.4 is 5.32 Å². The summed E-state index contributed by atoms with van der Waals surface area (Å²) in [6.07, 6.45) is 14.5. The maximum absolute atomic E-state index is 14.1. The van der Waals surface area contributed by atoms with E-state index in [4.69, 9.17) is 4.99 Å². The number of allylic oxidation sites excluding steroid dienone is 4. The Hall–Kier alpha value is -1.86. The molecule has 0 aromatic carbocycles. The monoisotopic (exact) mass is 516 g/mol. The van der Waals surface area contributed by atoms with Crippen LogP contribution in [0.25, 0.3) is 0 Å².